The third-order valence-corrected chi connectivity index (χ3v) is 5.08. The molecule has 4 amide bonds. The Balaban J connectivity index is 0.00000300. The van der Waals surface area contributed by atoms with E-state index in [1.54, 1.807) is 0 Å². The second-order valence-corrected chi connectivity index (χ2v) is 7.44. The van der Waals surface area contributed by atoms with E-state index in [-0.39, 0.29) is 46.7 Å². The average Bonchev–Trinajstić information content (AvgIpc) is 3.09. The summed E-state index contributed by atoms with van der Waals surface area (Å²) < 4.78 is 32.9. The van der Waals surface area contributed by atoms with Gasteiger partial charge in [-0.1, -0.05) is 12.1 Å². The van der Waals surface area contributed by atoms with Gasteiger partial charge in [-0.25, -0.2) is 13.2 Å². The first-order valence-electron chi connectivity index (χ1n) is 7.74. The van der Waals surface area contributed by atoms with Gasteiger partial charge in [0, 0.05) is 12.2 Å². The number of nitrogens with zero attached hydrogens (tertiary/aromatic N) is 2. The van der Waals surface area contributed by atoms with Gasteiger partial charge in [-0.2, -0.15) is 0 Å². The largest absolute Gasteiger partial charge is 1.00 e. The fourth-order valence-corrected chi connectivity index (χ4v) is 3.24. The minimum Gasteiger partial charge on any atom is -0.747 e. The van der Waals surface area contributed by atoms with Crippen molar-refractivity contribution in [1.82, 2.24) is 9.96 Å². The summed E-state index contributed by atoms with van der Waals surface area (Å²) in [4.78, 5) is 64.2. The van der Waals surface area contributed by atoms with Gasteiger partial charge in [0.25, 0.3) is 23.6 Å². The maximum absolute atomic E-state index is 12.1. The normalized spacial score (nSPS) is 19.0. The smallest absolute Gasteiger partial charge is 0.747 e. The number of rotatable bonds is 5. The van der Waals surface area contributed by atoms with E-state index in [2.05, 4.69) is 4.84 Å². The standard InChI is InChI=1S/C16H12N2O9S.Na/c19-12-5-6-13(20)17(12)8-9-1-3-10(4-2-9)16(23)27-18-14(21)7-11(15(18)22)28(24,25)26;/h1-6,11H,7-8H2,(H,24,25,26);/q;+1/p-1. The Kier molecular flexibility index (Phi) is 6.75. The van der Waals surface area contributed by atoms with Gasteiger partial charge in [-0.3, -0.25) is 24.1 Å². The summed E-state index contributed by atoms with van der Waals surface area (Å²) in [6.07, 6.45) is 1.36. The number of hydrogen-bond donors (Lipinski definition) is 0. The third kappa shape index (κ3) is 4.79. The first kappa shape index (κ1) is 22.9. The molecule has 2 aliphatic heterocycles. The van der Waals surface area contributed by atoms with E-state index in [1.807, 2.05) is 0 Å². The zero-order valence-corrected chi connectivity index (χ0v) is 17.7. The molecule has 11 nitrogen and oxygen atoms in total. The summed E-state index contributed by atoms with van der Waals surface area (Å²) in [5, 5.41) is -2.16. The second-order valence-electron chi connectivity index (χ2n) is 5.88. The van der Waals surface area contributed by atoms with Crippen molar-refractivity contribution in [3.63, 3.8) is 0 Å². The minimum absolute atomic E-state index is 0. The van der Waals surface area contributed by atoms with Crippen molar-refractivity contribution >= 4 is 39.7 Å². The summed E-state index contributed by atoms with van der Waals surface area (Å²) in [6.45, 7) is -0.0217. The van der Waals surface area contributed by atoms with E-state index >= 15 is 0 Å². The van der Waals surface area contributed by atoms with E-state index in [1.165, 1.54) is 24.3 Å². The first-order valence-corrected chi connectivity index (χ1v) is 9.21. The molecule has 0 saturated carbocycles. The van der Waals surface area contributed by atoms with Gasteiger partial charge in [0.2, 0.25) is 0 Å². The maximum Gasteiger partial charge on any atom is 1.00 e. The van der Waals surface area contributed by atoms with Crippen molar-refractivity contribution in [3.8, 4) is 0 Å². The zero-order chi connectivity index (χ0) is 20.6. The molecule has 0 bridgehead atoms. The van der Waals surface area contributed by atoms with Crippen LogP contribution in [0.5, 0.6) is 0 Å². The average molecular weight is 430 g/mol. The molecule has 1 unspecified atom stereocenters. The van der Waals surface area contributed by atoms with Crippen molar-refractivity contribution < 1.29 is 71.3 Å². The molecule has 3 rings (SSSR count). The Morgan fingerprint density at radius 3 is 2.10 bits per heavy atom. The van der Waals surface area contributed by atoms with Crippen LogP contribution in [-0.4, -0.2) is 57.8 Å². The van der Waals surface area contributed by atoms with Gasteiger partial charge < -0.3 is 9.39 Å². The molecule has 29 heavy (non-hydrogen) atoms. The van der Waals surface area contributed by atoms with Crippen molar-refractivity contribution in [3.05, 3.63) is 47.5 Å². The first-order chi connectivity index (χ1) is 13.1. The molecule has 0 radical (unpaired) electrons. The fourth-order valence-electron chi connectivity index (χ4n) is 2.56. The molecule has 1 saturated heterocycles. The van der Waals surface area contributed by atoms with E-state index < -0.39 is 51.4 Å². The zero-order valence-electron chi connectivity index (χ0n) is 14.9. The van der Waals surface area contributed by atoms with Crippen LogP contribution in [-0.2, 0) is 40.7 Å². The van der Waals surface area contributed by atoms with Crippen molar-refractivity contribution in [2.24, 2.45) is 0 Å². The number of imide groups is 2. The van der Waals surface area contributed by atoms with E-state index in [0.29, 0.717) is 5.56 Å². The number of carbonyl (C=O) groups is 5. The molecule has 1 atom stereocenters. The summed E-state index contributed by atoms with van der Waals surface area (Å²) in [7, 11) is -5.06. The number of hydroxylamine groups is 2. The van der Waals surface area contributed by atoms with Crippen LogP contribution in [0, 0.1) is 0 Å². The van der Waals surface area contributed by atoms with Crippen molar-refractivity contribution in [2.75, 3.05) is 0 Å². The predicted molar refractivity (Wildman–Crippen MR) is 86.5 cm³/mol. The van der Waals surface area contributed by atoms with E-state index in [9.17, 15) is 36.9 Å². The number of benzene rings is 1. The van der Waals surface area contributed by atoms with Gasteiger partial charge in [-0.05, 0) is 17.7 Å². The quantitative estimate of drug-likeness (QED) is 0.257. The van der Waals surface area contributed by atoms with E-state index in [0.717, 1.165) is 17.1 Å². The van der Waals surface area contributed by atoms with Crippen LogP contribution in [0.4, 0.5) is 0 Å². The van der Waals surface area contributed by atoms with Crippen molar-refractivity contribution in [2.45, 2.75) is 18.2 Å². The van der Waals surface area contributed by atoms with Gasteiger partial charge in [0.15, 0.2) is 0 Å². The summed E-state index contributed by atoms with van der Waals surface area (Å²) in [6, 6.07) is 5.38. The molecular weight excluding hydrogens is 419 g/mol. The summed E-state index contributed by atoms with van der Waals surface area (Å²) >= 11 is 0. The van der Waals surface area contributed by atoms with Crippen LogP contribution < -0.4 is 29.6 Å². The van der Waals surface area contributed by atoms with Crippen LogP contribution in [0.3, 0.4) is 0 Å². The van der Waals surface area contributed by atoms with Crippen LogP contribution >= 0.6 is 0 Å². The molecule has 1 fully saturated rings. The van der Waals surface area contributed by atoms with Crippen LogP contribution in [0.1, 0.15) is 22.3 Å². The number of carbonyl (C=O) groups excluding carboxylic acids is 5. The maximum atomic E-state index is 12.1. The fraction of sp³-hybridized carbons (Fsp3) is 0.188. The molecule has 1 aromatic carbocycles. The van der Waals surface area contributed by atoms with Crippen molar-refractivity contribution in [1.29, 1.82) is 0 Å². The summed E-state index contributed by atoms with van der Waals surface area (Å²) in [5.74, 6) is -4.63. The summed E-state index contributed by atoms with van der Waals surface area (Å²) in [5.41, 5.74) is 0.433. The Hall–Kier alpha value is -2.38. The Bertz CT molecular complexity index is 1010. The minimum atomic E-state index is -5.06. The number of amides is 4. The van der Waals surface area contributed by atoms with Crippen LogP contribution in [0.15, 0.2) is 36.4 Å². The topological polar surface area (TPSA) is 158 Å². The molecule has 0 aliphatic carbocycles. The van der Waals surface area contributed by atoms with Gasteiger partial charge in [-0.15, -0.1) is 5.06 Å². The molecule has 146 valence electrons. The molecule has 13 heteroatoms. The van der Waals surface area contributed by atoms with Gasteiger partial charge >= 0.3 is 35.5 Å². The Morgan fingerprint density at radius 2 is 1.62 bits per heavy atom. The molecular formula is C16H11N2NaO9S. The Morgan fingerprint density at radius 1 is 1.07 bits per heavy atom. The molecule has 0 spiro atoms. The molecule has 0 aromatic heterocycles. The molecule has 2 aliphatic rings. The third-order valence-electron chi connectivity index (χ3n) is 4.02. The van der Waals surface area contributed by atoms with Gasteiger partial charge in [0.1, 0.15) is 15.4 Å². The molecule has 1 aromatic rings. The van der Waals surface area contributed by atoms with Crippen LogP contribution in [0.2, 0.25) is 0 Å². The Labute approximate surface area is 186 Å². The number of hydrogen-bond acceptors (Lipinski definition) is 9. The SMILES string of the molecule is O=C(ON1C(=O)CC(S(=O)(=O)[O-])C1=O)c1ccc(CN2C(=O)C=CC2=O)cc1.[Na+]. The van der Waals surface area contributed by atoms with Gasteiger partial charge in [0.05, 0.1) is 18.5 Å². The van der Waals surface area contributed by atoms with E-state index in [4.69, 9.17) is 0 Å². The predicted octanol–water partition coefficient (Wildman–Crippen LogP) is -4.14. The monoisotopic (exact) mass is 430 g/mol. The molecule has 2 heterocycles. The van der Waals surface area contributed by atoms with Crippen LogP contribution in [0.25, 0.3) is 0 Å². The molecule has 0 N–H and O–H groups in total. The second kappa shape index (κ2) is 8.55.